The number of amides is 1. The Balaban J connectivity index is 1.65. The molecule has 1 aliphatic carbocycles. The third-order valence-electron chi connectivity index (χ3n) is 2.97. The first-order valence-electron chi connectivity index (χ1n) is 6.16. The van der Waals surface area contributed by atoms with E-state index < -0.39 is 0 Å². The van der Waals surface area contributed by atoms with Gasteiger partial charge in [0.25, 0.3) is 0 Å². The highest BCUT2D eigenvalue weighted by Gasteiger charge is 2.22. The third kappa shape index (κ3) is 3.85. The van der Waals surface area contributed by atoms with Crippen LogP contribution in [-0.2, 0) is 11.8 Å². The second-order valence-corrected chi connectivity index (χ2v) is 4.71. The van der Waals surface area contributed by atoms with Gasteiger partial charge >= 0.3 is 0 Å². The molecule has 2 N–H and O–H groups in total. The van der Waals surface area contributed by atoms with Gasteiger partial charge in [-0.15, -0.1) is 0 Å². The zero-order valence-corrected chi connectivity index (χ0v) is 10.4. The smallest absolute Gasteiger partial charge is 0.221 e. The summed E-state index contributed by atoms with van der Waals surface area (Å²) in [6, 6.07) is 0.690. The van der Waals surface area contributed by atoms with E-state index in [1.54, 1.807) is 4.68 Å². The summed E-state index contributed by atoms with van der Waals surface area (Å²) in [6.07, 6.45) is 6.67. The maximum Gasteiger partial charge on any atom is 0.221 e. The van der Waals surface area contributed by atoms with Crippen LogP contribution in [0.1, 0.15) is 37.8 Å². The summed E-state index contributed by atoms with van der Waals surface area (Å²) in [6.45, 7) is 2.78. The van der Waals surface area contributed by atoms with Gasteiger partial charge in [-0.25, -0.2) is 0 Å². The molecule has 5 heteroatoms. The average molecular weight is 236 g/mol. The highest BCUT2D eigenvalue weighted by atomic mass is 16.1. The second kappa shape index (κ2) is 5.31. The van der Waals surface area contributed by atoms with Crippen molar-refractivity contribution in [3.05, 3.63) is 18.0 Å². The predicted molar refractivity (Wildman–Crippen MR) is 65.4 cm³/mol. The van der Waals surface area contributed by atoms with Gasteiger partial charge in [0.05, 0.1) is 6.20 Å². The number of aromatic nitrogens is 2. The van der Waals surface area contributed by atoms with Gasteiger partial charge in [-0.2, -0.15) is 5.10 Å². The van der Waals surface area contributed by atoms with E-state index in [1.807, 2.05) is 19.4 Å². The molecule has 2 rings (SSSR count). The molecule has 1 aromatic heterocycles. The topological polar surface area (TPSA) is 59.0 Å². The van der Waals surface area contributed by atoms with Crippen LogP contribution < -0.4 is 10.6 Å². The first kappa shape index (κ1) is 12.1. The molecule has 1 unspecified atom stereocenters. The van der Waals surface area contributed by atoms with Crippen LogP contribution in [0, 0.1) is 0 Å². The molecule has 1 aromatic rings. The van der Waals surface area contributed by atoms with E-state index >= 15 is 0 Å². The number of hydrogen-bond donors (Lipinski definition) is 2. The first-order chi connectivity index (χ1) is 8.15. The SMILES string of the molecule is CC(NCCC(=O)NC1CC1)c1cnn(C)c1. The maximum atomic E-state index is 11.4. The summed E-state index contributed by atoms with van der Waals surface area (Å²) in [4.78, 5) is 11.4. The molecule has 0 radical (unpaired) electrons. The maximum absolute atomic E-state index is 11.4. The van der Waals surface area contributed by atoms with Crippen LogP contribution in [0.2, 0.25) is 0 Å². The average Bonchev–Trinajstić information content (AvgIpc) is 2.97. The molecule has 0 aliphatic heterocycles. The lowest BCUT2D eigenvalue weighted by Crippen LogP contribution is -2.30. The van der Waals surface area contributed by atoms with Crippen LogP contribution in [-0.4, -0.2) is 28.3 Å². The summed E-state index contributed by atoms with van der Waals surface area (Å²) in [5, 5.41) is 10.4. The molecule has 1 aliphatic rings. The lowest BCUT2D eigenvalue weighted by molar-refractivity contribution is -0.121. The van der Waals surface area contributed by atoms with Crippen LogP contribution >= 0.6 is 0 Å². The zero-order valence-electron chi connectivity index (χ0n) is 10.4. The van der Waals surface area contributed by atoms with Crippen LogP contribution in [0.15, 0.2) is 12.4 Å². The lowest BCUT2D eigenvalue weighted by atomic mass is 10.2. The highest BCUT2D eigenvalue weighted by molar-refractivity contribution is 5.76. The Kier molecular flexibility index (Phi) is 3.78. The number of nitrogens with zero attached hydrogens (tertiary/aromatic N) is 2. The monoisotopic (exact) mass is 236 g/mol. The van der Waals surface area contributed by atoms with Crippen LogP contribution in [0.5, 0.6) is 0 Å². The molecule has 1 saturated carbocycles. The molecule has 0 spiro atoms. The Morgan fingerprint density at radius 2 is 2.41 bits per heavy atom. The Hall–Kier alpha value is -1.36. The Bertz CT molecular complexity index is 384. The van der Waals surface area contributed by atoms with E-state index in [4.69, 9.17) is 0 Å². The number of hydrogen-bond acceptors (Lipinski definition) is 3. The van der Waals surface area contributed by atoms with Gasteiger partial charge in [-0.1, -0.05) is 0 Å². The van der Waals surface area contributed by atoms with Gasteiger partial charge in [-0.05, 0) is 19.8 Å². The van der Waals surface area contributed by atoms with Crippen molar-refractivity contribution >= 4 is 5.91 Å². The molecular weight excluding hydrogens is 216 g/mol. The number of aryl methyl sites for hydroxylation is 1. The lowest BCUT2D eigenvalue weighted by Gasteiger charge is -2.11. The number of carbonyl (C=O) groups is 1. The fraction of sp³-hybridized carbons (Fsp3) is 0.667. The Morgan fingerprint density at radius 1 is 1.65 bits per heavy atom. The van der Waals surface area contributed by atoms with E-state index in [2.05, 4.69) is 22.7 Å². The molecule has 0 saturated heterocycles. The number of rotatable bonds is 6. The van der Waals surface area contributed by atoms with E-state index in [1.165, 1.54) is 0 Å². The standard InChI is InChI=1S/C12H20N4O/c1-9(10-7-14-16(2)8-10)13-6-5-12(17)15-11-3-4-11/h7-9,11,13H,3-6H2,1-2H3,(H,15,17). The Morgan fingerprint density at radius 3 is 3.00 bits per heavy atom. The minimum Gasteiger partial charge on any atom is -0.353 e. The molecular formula is C12H20N4O. The van der Waals surface area contributed by atoms with E-state index in [0.29, 0.717) is 19.0 Å². The van der Waals surface area contributed by atoms with Crippen molar-refractivity contribution in [3.8, 4) is 0 Å². The van der Waals surface area contributed by atoms with Gasteiger partial charge in [0.15, 0.2) is 0 Å². The van der Waals surface area contributed by atoms with Gasteiger partial charge in [0.2, 0.25) is 5.91 Å². The molecule has 17 heavy (non-hydrogen) atoms. The molecule has 5 nitrogen and oxygen atoms in total. The molecule has 0 bridgehead atoms. The molecule has 0 aromatic carbocycles. The second-order valence-electron chi connectivity index (χ2n) is 4.71. The van der Waals surface area contributed by atoms with Crippen LogP contribution in [0.3, 0.4) is 0 Å². The van der Waals surface area contributed by atoms with Gasteiger partial charge in [0.1, 0.15) is 0 Å². The highest BCUT2D eigenvalue weighted by Crippen LogP contribution is 2.18. The summed E-state index contributed by atoms with van der Waals surface area (Å²) < 4.78 is 1.79. The third-order valence-corrected chi connectivity index (χ3v) is 2.97. The van der Waals surface area contributed by atoms with Crippen molar-refractivity contribution in [2.24, 2.45) is 7.05 Å². The van der Waals surface area contributed by atoms with Gasteiger partial charge < -0.3 is 10.6 Å². The summed E-state index contributed by atoms with van der Waals surface area (Å²) >= 11 is 0. The Labute approximate surface area is 102 Å². The van der Waals surface area contributed by atoms with E-state index in [-0.39, 0.29) is 11.9 Å². The quantitative estimate of drug-likeness (QED) is 0.766. The van der Waals surface area contributed by atoms with E-state index in [0.717, 1.165) is 18.4 Å². The molecule has 1 amide bonds. The van der Waals surface area contributed by atoms with Crippen LogP contribution in [0.4, 0.5) is 0 Å². The molecule has 1 atom stereocenters. The predicted octanol–water partition coefficient (Wildman–Crippen LogP) is 0.739. The van der Waals surface area contributed by atoms with Crippen molar-refractivity contribution in [3.63, 3.8) is 0 Å². The van der Waals surface area contributed by atoms with Crippen molar-refractivity contribution in [2.75, 3.05) is 6.54 Å². The van der Waals surface area contributed by atoms with Crippen molar-refractivity contribution in [1.29, 1.82) is 0 Å². The largest absolute Gasteiger partial charge is 0.353 e. The first-order valence-corrected chi connectivity index (χ1v) is 6.16. The molecule has 94 valence electrons. The fourth-order valence-corrected chi connectivity index (χ4v) is 1.71. The minimum absolute atomic E-state index is 0.151. The van der Waals surface area contributed by atoms with Gasteiger partial charge in [0, 0.05) is 43.9 Å². The zero-order chi connectivity index (χ0) is 12.3. The normalized spacial score (nSPS) is 16.8. The van der Waals surface area contributed by atoms with Crippen LogP contribution in [0.25, 0.3) is 0 Å². The number of carbonyl (C=O) groups excluding carboxylic acids is 1. The summed E-state index contributed by atoms with van der Waals surface area (Å²) in [5.41, 5.74) is 1.15. The molecule has 1 heterocycles. The van der Waals surface area contributed by atoms with Crippen molar-refractivity contribution in [1.82, 2.24) is 20.4 Å². The number of nitrogens with one attached hydrogen (secondary N) is 2. The van der Waals surface area contributed by atoms with Crippen molar-refractivity contribution < 1.29 is 4.79 Å². The van der Waals surface area contributed by atoms with E-state index in [9.17, 15) is 4.79 Å². The summed E-state index contributed by atoms with van der Waals surface area (Å²) in [5.74, 6) is 0.151. The fourth-order valence-electron chi connectivity index (χ4n) is 1.71. The summed E-state index contributed by atoms with van der Waals surface area (Å²) in [7, 11) is 1.90. The molecule has 1 fully saturated rings. The van der Waals surface area contributed by atoms with Crippen molar-refractivity contribution in [2.45, 2.75) is 38.3 Å². The van der Waals surface area contributed by atoms with Gasteiger partial charge in [-0.3, -0.25) is 9.48 Å². The minimum atomic E-state index is 0.151.